The van der Waals surface area contributed by atoms with Crippen LogP contribution in [0.4, 0.5) is 13.2 Å². The smallest absolute Gasteiger partial charge is 0.330 e. The summed E-state index contributed by atoms with van der Waals surface area (Å²) >= 11 is 6.09. The van der Waals surface area contributed by atoms with Gasteiger partial charge in [0.2, 0.25) is 0 Å². The molecule has 3 rings (SSSR count). The van der Waals surface area contributed by atoms with Gasteiger partial charge in [0, 0.05) is 18.2 Å². The number of nitrogens with two attached hydrogens (primary N) is 1. The van der Waals surface area contributed by atoms with E-state index in [1.54, 1.807) is 0 Å². The normalized spacial score (nSPS) is 12.1. The predicted octanol–water partition coefficient (Wildman–Crippen LogP) is 4.79. The molecule has 7 heteroatoms. The lowest BCUT2D eigenvalue weighted by Gasteiger charge is -2.10. The Morgan fingerprint density at radius 2 is 1.92 bits per heavy atom. The first-order valence-electron chi connectivity index (χ1n) is 7.77. The molecule has 0 atom stereocenters. The molecule has 0 saturated carbocycles. The van der Waals surface area contributed by atoms with Gasteiger partial charge in [-0.05, 0) is 32.0 Å². The maximum Gasteiger partial charge on any atom is 0.417 e. The van der Waals surface area contributed by atoms with Crippen LogP contribution in [-0.4, -0.2) is 15.9 Å². The van der Waals surface area contributed by atoms with E-state index in [0.717, 1.165) is 29.0 Å². The third kappa shape index (κ3) is 3.24. The van der Waals surface area contributed by atoms with Crippen molar-refractivity contribution >= 4 is 17.2 Å². The molecule has 0 spiro atoms. The second-order valence-electron chi connectivity index (χ2n) is 6.03. The second kappa shape index (κ2) is 6.35. The Kier molecular flexibility index (Phi) is 4.51. The number of alkyl halides is 3. The molecule has 0 bridgehead atoms. The Morgan fingerprint density at radius 1 is 1.20 bits per heavy atom. The molecule has 0 saturated heterocycles. The first-order chi connectivity index (χ1) is 11.7. The number of aryl methyl sites for hydroxylation is 2. The van der Waals surface area contributed by atoms with E-state index in [0.29, 0.717) is 30.0 Å². The van der Waals surface area contributed by atoms with Gasteiger partial charge in [0.15, 0.2) is 5.65 Å². The van der Waals surface area contributed by atoms with Crippen LogP contribution in [0.15, 0.2) is 30.5 Å². The Balaban J connectivity index is 2.33. The van der Waals surface area contributed by atoms with Crippen molar-refractivity contribution in [1.29, 1.82) is 0 Å². The van der Waals surface area contributed by atoms with Crippen LogP contribution >= 0.6 is 11.6 Å². The van der Waals surface area contributed by atoms with E-state index in [1.165, 1.54) is 4.40 Å². The second-order valence-corrected chi connectivity index (χ2v) is 6.44. The molecule has 2 N–H and O–H groups in total. The number of imidazole rings is 1. The van der Waals surface area contributed by atoms with Crippen molar-refractivity contribution in [3.63, 3.8) is 0 Å². The predicted molar refractivity (Wildman–Crippen MR) is 92.9 cm³/mol. The molecular weight excluding hydrogens is 351 g/mol. The molecule has 3 nitrogen and oxygen atoms in total. The van der Waals surface area contributed by atoms with Gasteiger partial charge in [0.05, 0.1) is 22.0 Å². The standard InChI is InChI=1S/C18H17ClF3N3/c1-10-3-4-13(11(2)7-10)16-15(5-6-23)25-9-12(18(20,21)22)8-14(19)17(25)24-16/h3-4,7-9H,5-6,23H2,1-2H3. The number of hydrogen-bond acceptors (Lipinski definition) is 2. The van der Waals surface area contributed by atoms with E-state index in [-0.39, 0.29) is 5.02 Å². The zero-order chi connectivity index (χ0) is 18.4. The van der Waals surface area contributed by atoms with Crippen LogP contribution in [0.1, 0.15) is 22.4 Å². The maximum absolute atomic E-state index is 13.1. The Bertz CT molecular complexity index is 945. The van der Waals surface area contributed by atoms with Crippen molar-refractivity contribution in [3.05, 3.63) is 57.9 Å². The van der Waals surface area contributed by atoms with Crippen LogP contribution in [0.25, 0.3) is 16.9 Å². The van der Waals surface area contributed by atoms with E-state index in [9.17, 15) is 13.2 Å². The molecule has 0 radical (unpaired) electrons. The summed E-state index contributed by atoms with van der Waals surface area (Å²) < 4.78 is 40.8. The van der Waals surface area contributed by atoms with Gasteiger partial charge in [-0.15, -0.1) is 0 Å². The summed E-state index contributed by atoms with van der Waals surface area (Å²) in [7, 11) is 0. The molecule has 3 aromatic rings. The fourth-order valence-corrected chi connectivity index (χ4v) is 3.23. The molecule has 0 amide bonds. The van der Waals surface area contributed by atoms with Crippen molar-refractivity contribution in [1.82, 2.24) is 9.38 Å². The molecule has 0 unspecified atom stereocenters. The molecule has 0 aliphatic heterocycles. The van der Waals surface area contributed by atoms with Crippen LogP contribution in [0.3, 0.4) is 0 Å². The summed E-state index contributed by atoms with van der Waals surface area (Å²) in [5.74, 6) is 0. The molecule has 2 heterocycles. The lowest BCUT2D eigenvalue weighted by Crippen LogP contribution is -2.10. The van der Waals surface area contributed by atoms with Crippen LogP contribution in [-0.2, 0) is 12.6 Å². The van der Waals surface area contributed by atoms with Gasteiger partial charge >= 0.3 is 6.18 Å². The van der Waals surface area contributed by atoms with E-state index in [4.69, 9.17) is 17.3 Å². The molecular formula is C18H17ClF3N3. The van der Waals surface area contributed by atoms with Crippen molar-refractivity contribution < 1.29 is 13.2 Å². The monoisotopic (exact) mass is 367 g/mol. The average Bonchev–Trinajstić information content (AvgIpc) is 2.86. The lowest BCUT2D eigenvalue weighted by molar-refractivity contribution is -0.137. The Morgan fingerprint density at radius 3 is 2.52 bits per heavy atom. The third-order valence-electron chi connectivity index (χ3n) is 4.12. The lowest BCUT2D eigenvalue weighted by atomic mass is 10.0. The minimum absolute atomic E-state index is 0.0379. The number of halogens is 4. The van der Waals surface area contributed by atoms with Crippen LogP contribution in [0, 0.1) is 13.8 Å². The minimum atomic E-state index is -4.48. The number of benzene rings is 1. The van der Waals surface area contributed by atoms with Crippen LogP contribution < -0.4 is 5.73 Å². The largest absolute Gasteiger partial charge is 0.417 e. The van der Waals surface area contributed by atoms with Gasteiger partial charge < -0.3 is 10.1 Å². The average molecular weight is 368 g/mol. The fourth-order valence-electron chi connectivity index (χ4n) is 2.98. The number of aromatic nitrogens is 2. The third-order valence-corrected chi connectivity index (χ3v) is 4.40. The number of pyridine rings is 1. The molecule has 1 aromatic carbocycles. The number of nitrogens with zero attached hydrogens (tertiary/aromatic N) is 2. The highest BCUT2D eigenvalue weighted by Crippen LogP contribution is 2.35. The van der Waals surface area contributed by atoms with E-state index >= 15 is 0 Å². The summed E-state index contributed by atoms with van der Waals surface area (Å²) in [6, 6.07) is 6.78. The minimum Gasteiger partial charge on any atom is -0.330 e. The van der Waals surface area contributed by atoms with Crippen LogP contribution in [0.2, 0.25) is 5.02 Å². The highest BCUT2D eigenvalue weighted by atomic mass is 35.5. The van der Waals surface area contributed by atoms with E-state index in [2.05, 4.69) is 4.98 Å². The first kappa shape index (κ1) is 17.8. The SMILES string of the molecule is Cc1ccc(-c2nc3c(Cl)cc(C(F)(F)F)cn3c2CCN)c(C)c1. The van der Waals surface area contributed by atoms with Crippen LogP contribution in [0.5, 0.6) is 0 Å². The summed E-state index contributed by atoms with van der Waals surface area (Å²) in [5.41, 5.74) is 9.37. The maximum atomic E-state index is 13.1. The molecule has 2 aromatic heterocycles. The van der Waals surface area contributed by atoms with Crippen molar-refractivity contribution in [3.8, 4) is 11.3 Å². The van der Waals surface area contributed by atoms with Crippen molar-refractivity contribution in [2.75, 3.05) is 6.54 Å². The van der Waals surface area contributed by atoms with Gasteiger partial charge in [0.25, 0.3) is 0 Å². The van der Waals surface area contributed by atoms with Gasteiger partial charge in [0.1, 0.15) is 0 Å². The zero-order valence-corrected chi connectivity index (χ0v) is 14.5. The van der Waals surface area contributed by atoms with Gasteiger partial charge in [-0.1, -0.05) is 35.4 Å². The quantitative estimate of drug-likeness (QED) is 0.723. The molecule has 0 aliphatic carbocycles. The first-order valence-corrected chi connectivity index (χ1v) is 8.15. The zero-order valence-electron chi connectivity index (χ0n) is 13.8. The van der Waals surface area contributed by atoms with Crippen molar-refractivity contribution in [2.24, 2.45) is 5.73 Å². The van der Waals surface area contributed by atoms with E-state index in [1.807, 2.05) is 32.0 Å². The number of rotatable bonds is 3. The highest BCUT2D eigenvalue weighted by Gasteiger charge is 2.32. The van der Waals surface area contributed by atoms with Gasteiger partial charge in [-0.25, -0.2) is 4.98 Å². The molecule has 132 valence electrons. The van der Waals surface area contributed by atoms with Gasteiger partial charge in [-0.3, -0.25) is 0 Å². The summed E-state index contributed by atoms with van der Waals surface area (Å²) in [5, 5.41) is -0.0379. The Hall–Kier alpha value is -2.05. The van der Waals surface area contributed by atoms with E-state index < -0.39 is 11.7 Å². The Labute approximate surface area is 148 Å². The highest BCUT2D eigenvalue weighted by molar-refractivity contribution is 6.33. The van der Waals surface area contributed by atoms with Crippen molar-refractivity contribution in [2.45, 2.75) is 26.4 Å². The summed E-state index contributed by atoms with van der Waals surface area (Å²) in [4.78, 5) is 4.52. The summed E-state index contributed by atoms with van der Waals surface area (Å²) in [6.07, 6.45) is -3.06. The summed E-state index contributed by atoms with van der Waals surface area (Å²) in [6.45, 7) is 4.22. The fraction of sp³-hybridized carbons (Fsp3) is 0.278. The number of hydrogen-bond donors (Lipinski definition) is 1. The topological polar surface area (TPSA) is 43.3 Å². The molecule has 25 heavy (non-hydrogen) atoms. The van der Waals surface area contributed by atoms with Gasteiger partial charge in [-0.2, -0.15) is 13.2 Å². The molecule has 0 aliphatic rings. The number of fused-ring (bicyclic) bond motifs is 1. The molecule has 0 fully saturated rings.